The number of carbonyl (C=O) groups excluding carboxylic acids is 2. The molecule has 7 nitrogen and oxygen atoms in total. The molecule has 1 aliphatic carbocycles. The molecule has 0 atom stereocenters. The van der Waals surface area contributed by atoms with Gasteiger partial charge in [0.05, 0.1) is 36.4 Å². The lowest BCUT2D eigenvalue weighted by molar-refractivity contribution is -0.138. The molecule has 0 saturated carbocycles. The molecule has 0 amide bonds. The minimum absolute atomic E-state index is 0.0300. The number of carbonyl (C=O) groups is 2. The molecule has 4 rings (SSSR count). The van der Waals surface area contributed by atoms with Crippen LogP contribution < -0.4 is 5.43 Å². The first-order valence-electron chi connectivity index (χ1n) is 10.6. The molecule has 15 heteroatoms. The number of fused-ring (bicyclic) bond motifs is 2. The largest absolute Gasteiger partial charge is 0.506 e. The molecular formula is C25H10Cl4I4O7. The van der Waals surface area contributed by atoms with Crippen LogP contribution in [0.1, 0.15) is 10.4 Å². The number of ether oxygens (including phenoxy) is 2. The second-order valence-corrected chi connectivity index (χ2v) is 13.8. The van der Waals surface area contributed by atoms with Crippen molar-refractivity contribution in [3.05, 3.63) is 74.9 Å². The van der Waals surface area contributed by atoms with E-state index in [1.165, 1.54) is 0 Å². The summed E-state index contributed by atoms with van der Waals surface area (Å²) in [7, 11) is 0. The van der Waals surface area contributed by atoms with E-state index in [-0.39, 0.29) is 70.5 Å². The van der Waals surface area contributed by atoms with Crippen LogP contribution in [0.5, 0.6) is 5.75 Å². The zero-order valence-corrected chi connectivity index (χ0v) is 30.9. The molecule has 0 fully saturated rings. The average Bonchev–Trinajstić information content (AvgIpc) is 2.93. The van der Waals surface area contributed by atoms with Gasteiger partial charge in [0.15, 0.2) is 11.3 Å². The molecule has 1 heterocycles. The molecule has 0 saturated heterocycles. The molecular weight excluding hydrogens is 1060 g/mol. The Labute approximate surface area is 300 Å². The number of halogens is 8. The highest BCUT2D eigenvalue weighted by atomic mass is 127. The van der Waals surface area contributed by atoms with E-state index >= 15 is 0 Å². The van der Waals surface area contributed by atoms with Crippen LogP contribution in [-0.4, -0.2) is 30.3 Å². The van der Waals surface area contributed by atoms with Gasteiger partial charge in [-0.05, 0) is 102 Å². The van der Waals surface area contributed by atoms with Crippen LogP contribution >= 0.6 is 137 Å². The molecule has 0 spiro atoms. The van der Waals surface area contributed by atoms with E-state index in [9.17, 15) is 19.5 Å². The van der Waals surface area contributed by atoms with Gasteiger partial charge in [-0.25, -0.2) is 9.59 Å². The highest BCUT2D eigenvalue weighted by molar-refractivity contribution is 14.1. The topological polar surface area (TPSA) is 103 Å². The Hall–Kier alpha value is -0.310. The molecule has 1 N–H and O–H groups in total. The molecule has 2 aromatic rings. The smallest absolute Gasteiger partial charge is 0.340 e. The number of phenolic OH excluding ortho intramolecular Hbond substituents is 1. The van der Waals surface area contributed by atoms with Crippen LogP contribution in [0.15, 0.2) is 34.0 Å². The summed E-state index contributed by atoms with van der Waals surface area (Å²) in [5, 5.41) is 10.5. The van der Waals surface area contributed by atoms with Gasteiger partial charge >= 0.3 is 11.9 Å². The lowest BCUT2D eigenvalue weighted by Gasteiger charge is -2.22. The second-order valence-electron chi connectivity index (χ2n) is 7.77. The van der Waals surface area contributed by atoms with Gasteiger partial charge in [-0.3, -0.25) is 4.79 Å². The van der Waals surface area contributed by atoms with E-state index in [1.807, 2.05) is 90.4 Å². The number of esters is 2. The molecule has 0 aromatic heterocycles. The average molecular weight is 1070 g/mol. The van der Waals surface area contributed by atoms with Gasteiger partial charge in [-0.15, -0.1) is 0 Å². The Kier molecular flexibility index (Phi) is 10.7. The quantitative estimate of drug-likeness (QED) is 0.0391. The Morgan fingerprint density at radius 3 is 2.17 bits per heavy atom. The van der Waals surface area contributed by atoms with Crippen molar-refractivity contribution in [3.8, 4) is 28.2 Å². The first-order valence-corrected chi connectivity index (χ1v) is 16.4. The Morgan fingerprint density at radius 1 is 0.900 bits per heavy atom. The number of phenols is 1. The predicted octanol–water partition coefficient (Wildman–Crippen LogP) is 9.19. The van der Waals surface area contributed by atoms with Gasteiger partial charge in [-0.2, -0.15) is 0 Å². The third kappa shape index (κ3) is 5.91. The maximum atomic E-state index is 13.5. The lowest BCUT2D eigenvalue weighted by Crippen LogP contribution is -2.15. The number of hydrogen-bond acceptors (Lipinski definition) is 7. The molecule has 0 radical (unpaired) electrons. The summed E-state index contributed by atoms with van der Waals surface area (Å²) in [6, 6.07) is 3.24. The number of hydrogen-bond donors (Lipinski definition) is 1. The minimum Gasteiger partial charge on any atom is -0.506 e. The summed E-state index contributed by atoms with van der Waals surface area (Å²) in [6.45, 7) is 2.75. The monoisotopic (exact) mass is 1070 g/mol. The molecule has 208 valence electrons. The third-order valence-corrected chi connectivity index (χ3v) is 10.9. The molecule has 2 aliphatic rings. The summed E-state index contributed by atoms with van der Waals surface area (Å²) in [5.74, 6) is -1.45. The van der Waals surface area contributed by atoms with Gasteiger partial charge in [0.1, 0.15) is 22.5 Å². The number of aromatic hydroxyl groups is 1. The van der Waals surface area contributed by atoms with Gasteiger partial charge < -0.3 is 19.0 Å². The van der Waals surface area contributed by atoms with Crippen molar-refractivity contribution in [1.29, 1.82) is 0 Å². The highest BCUT2D eigenvalue weighted by Gasteiger charge is 2.33. The van der Waals surface area contributed by atoms with E-state index in [4.69, 9.17) is 60.3 Å². The summed E-state index contributed by atoms with van der Waals surface area (Å²) < 4.78 is 17.9. The zero-order chi connectivity index (χ0) is 29.6. The van der Waals surface area contributed by atoms with Crippen molar-refractivity contribution in [1.82, 2.24) is 0 Å². The highest BCUT2D eigenvalue weighted by Crippen LogP contribution is 2.52. The van der Waals surface area contributed by atoms with Crippen molar-refractivity contribution >= 4 is 160 Å². The van der Waals surface area contributed by atoms with Crippen LogP contribution in [0.2, 0.25) is 20.1 Å². The van der Waals surface area contributed by atoms with Crippen LogP contribution in [0, 0.1) is 14.3 Å². The Bertz CT molecular complexity index is 1790. The fourth-order valence-corrected chi connectivity index (χ4v) is 8.33. The van der Waals surface area contributed by atoms with Gasteiger partial charge in [0.25, 0.3) is 0 Å². The van der Waals surface area contributed by atoms with Gasteiger partial charge in [0.2, 0.25) is 5.43 Å². The number of rotatable bonds is 6. The fraction of sp³-hybridized carbons (Fsp3) is 0.0800. The first kappa shape index (κ1) is 32.6. The molecule has 1 aliphatic heterocycles. The molecule has 40 heavy (non-hydrogen) atoms. The van der Waals surface area contributed by atoms with Crippen molar-refractivity contribution in [2.75, 3.05) is 13.2 Å². The molecule has 0 unspecified atom stereocenters. The number of benzene rings is 3. The van der Waals surface area contributed by atoms with Crippen LogP contribution in [0.3, 0.4) is 0 Å². The molecule has 0 bridgehead atoms. The van der Waals surface area contributed by atoms with Crippen LogP contribution in [0.25, 0.3) is 33.4 Å². The van der Waals surface area contributed by atoms with Crippen molar-refractivity contribution in [2.24, 2.45) is 0 Å². The van der Waals surface area contributed by atoms with E-state index in [0.29, 0.717) is 27.2 Å². The Balaban J connectivity index is 2.13. The van der Waals surface area contributed by atoms with Gasteiger partial charge in [-0.1, -0.05) is 53.0 Å². The standard InChI is InChI=1S/C25H10Cl4I4O7/c1-2-11(34)38-3-4-39-25(37)14-13(15(26)17(28)18(29)16(14)27)12-7-5-9(30)21(35)19(32)23(7)40-24-8(12)6-10(31)22(36)20(24)33/h2,5-6,35H,1,3-4H2. The summed E-state index contributed by atoms with van der Waals surface area (Å²) in [6.07, 6.45) is 0.975. The van der Waals surface area contributed by atoms with E-state index in [0.717, 1.165) is 6.08 Å². The third-order valence-electron chi connectivity index (χ3n) is 5.47. The van der Waals surface area contributed by atoms with Crippen molar-refractivity contribution in [2.45, 2.75) is 0 Å². The maximum Gasteiger partial charge on any atom is 0.340 e. The van der Waals surface area contributed by atoms with Gasteiger partial charge in [0, 0.05) is 28.2 Å². The fourth-order valence-electron chi connectivity index (χ4n) is 3.73. The second kappa shape index (κ2) is 13.1. The summed E-state index contributed by atoms with van der Waals surface area (Å²) >= 11 is 33.9. The van der Waals surface area contributed by atoms with E-state index in [1.54, 1.807) is 12.1 Å². The van der Waals surface area contributed by atoms with Crippen molar-refractivity contribution < 1.29 is 28.6 Å². The summed E-state index contributed by atoms with van der Waals surface area (Å²) in [4.78, 5) is 37.7. The van der Waals surface area contributed by atoms with Crippen LogP contribution in [0.4, 0.5) is 0 Å². The zero-order valence-electron chi connectivity index (χ0n) is 19.3. The van der Waals surface area contributed by atoms with Crippen LogP contribution in [-0.2, 0) is 14.3 Å². The normalized spacial score (nSPS) is 11.2. The summed E-state index contributed by atoms with van der Waals surface area (Å²) in [5.41, 5.74) is 0.594. The maximum absolute atomic E-state index is 13.5. The Morgan fingerprint density at radius 2 is 1.52 bits per heavy atom. The minimum atomic E-state index is -0.926. The van der Waals surface area contributed by atoms with E-state index in [2.05, 4.69) is 6.58 Å². The SMILES string of the molecule is C=CC(=O)OCCOC(=O)c1c(Cl)c(Cl)c(Cl)c(Cl)c1-c1c2cc(I)c(=O)c(I)c-2oc2c(I)c(O)c(I)cc12. The van der Waals surface area contributed by atoms with E-state index < -0.39 is 11.9 Å². The molecule has 2 aromatic carbocycles. The van der Waals surface area contributed by atoms with Crippen molar-refractivity contribution in [3.63, 3.8) is 0 Å². The first-order chi connectivity index (χ1) is 18.8. The lowest BCUT2D eigenvalue weighted by atomic mass is 9.90. The predicted molar refractivity (Wildman–Crippen MR) is 189 cm³/mol.